The number of ether oxygens (including phenoxy) is 1. The number of rotatable bonds is 7. The molecule has 3 rings (SSSR count). The number of hydrogen-bond acceptors (Lipinski definition) is 4. The minimum atomic E-state index is -3.80. The van der Waals surface area contributed by atoms with Crippen LogP contribution in [0.2, 0.25) is 0 Å². The minimum Gasteiger partial charge on any atom is -0.497 e. The van der Waals surface area contributed by atoms with E-state index in [1.807, 2.05) is 74.4 Å². The molecule has 1 atom stereocenters. The topological polar surface area (TPSA) is 49.9 Å². The number of sulfonamides is 1. The summed E-state index contributed by atoms with van der Waals surface area (Å²) in [7, 11) is 1.53. The molecule has 5 nitrogen and oxygen atoms in total. The van der Waals surface area contributed by atoms with E-state index >= 15 is 0 Å². The van der Waals surface area contributed by atoms with Crippen molar-refractivity contribution in [2.24, 2.45) is 0 Å². The Labute approximate surface area is 173 Å². The van der Waals surface area contributed by atoms with E-state index in [-0.39, 0.29) is 4.90 Å². The predicted octanol–water partition coefficient (Wildman–Crippen LogP) is 4.47. The van der Waals surface area contributed by atoms with Gasteiger partial charge in [0.1, 0.15) is 5.75 Å². The summed E-state index contributed by atoms with van der Waals surface area (Å²) in [6.07, 6.45) is -0.406. The molecule has 0 N–H and O–H groups in total. The third kappa shape index (κ3) is 4.28. The van der Waals surface area contributed by atoms with Crippen molar-refractivity contribution in [2.45, 2.75) is 18.0 Å². The molecule has 6 heteroatoms. The summed E-state index contributed by atoms with van der Waals surface area (Å²) in [6, 6.07) is 23.7. The second-order valence-corrected chi connectivity index (χ2v) is 8.77. The third-order valence-electron chi connectivity index (χ3n) is 4.91. The van der Waals surface area contributed by atoms with Crippen LogP contribution < -0.4 is 9.04 Å². The minimum absolute atomic E-state index is 0.253. The van der Waals surface area contributed by atoms with Crippen molar-refractivity contribution in [2.75, 3.05) is 25.5 Å². The zero-order valence-corrected chi connectivity index (χ0v) is 17.9. The van der Waals surface area contributed by atoms with E-state index in [0.717, 1.165) is 11.1 Å². The van der Waals surface area contributed by atoms with E-state index in [2.05, 4.69) is 0 Å². The van der Waals surface area contributed by atoms with Gasteiger partial charge < -0.3 is 4.74 Å². The molecule has 0 amide bonds. The van der Waals surface area contributed by atoms with E-state index in [1.165, 1.54) is 4.31 Å². The maximum absolute atomic E-state index is 13.7. The monoisotopic (exact) mass is 410 g/mol. The molecule has 0 aliphatic rings. The number of hydrogen-bond donors (Lipinski definition) is 0. The summed E-state index contributed by atoms with van der Waals surface area (Å²) in [5.41, 5.74) is 2.31. The Bertz CT molecular complexity index is 1050. The summed E-state index contributed by atoms with van der Waals surface area (Å²) in [5.74, 6) is 0.669. The van der Waals surface area contributed by atoms with Gasteiger partial charge >= 0.3 is 0 Å². The zero-order valence-electron chi connectivity index (χ0n) is 17.1. The number of methoxy groups -OCH3 is 1. The van der Waals surface area contributed by atoms with Crippen molar-refractivity contribution < 1.29 is 13.2 Å². The fourth-order valence-electron chi connectivity index (χ4n) is 3.13. The molecule has 3 aromatic rings. The summed E-state index contributed by atoms with van der Waals surface area (Å²) in [6.45, 7) is 1.87. The van der Waals surface area contributed by atoms with E-state index in [1.54, 1.807) is 37.4 Å². The SMILES string of the molecule is COc1ccc(N(C(C)N(C)C)S(=O)(=O)c2ccccc2)c(-c2ccccc2)c1. The van der Waals surface area contributed by atoms with Crippen molar-refractivity contribution >= 4 is 15.7 Å². The zero-order chi connectivity index (χ0) is 21.0. The molecule has 29 heavy (non-hydrogen) atoms. The van der Waals surface area contributed by atoms with Gasteiger partial charge in [0.15, 0.2) is 0 Å². The first-order valence-electron chi connectivity index (χ1n) is 9.35. The maximum atomic E-state index is 13.7. The van der Waals surface area contributed by atoms with Gasteiger partial charge in [0, 0.05) is 5.56 Å². The van der Waals surface area contributed by atoms with Crippen molar-refractivity contribution in [3.8, 4) is 16.9 Å². The number of nitrogens with zero attached hydrogens (tertiary/aromatic N) is 2. The van der Waals surface area contributed by atoms with Gasteiger partial charge in [0.05, 0.1) is 23.9 Å². The van der Waals surface area contributed by atoms with Crippen LogP contribution in [0.25, 0.3) is 11.1 Å². The van der Waals surface area contributed by atoms with E-state index in [0.29, 0.717) is 11.4 Å². The first kappa shape index (κ1) is 20.9. The van der Waals surface area contributed by atoms with Gasteiger partial charge in [-0.1, -0.05) is 48.5 Å². The second-order valence-electron chi connectivity index (χ2n) is 6.96. The summed E-state index contributed by atoms with van der Waals surface area (Å²) < 4.78 is 34.3. The highest BCUT2D eigenvalue weighted by molar-refractivity contribution is 7.92. The number of benzene rings is 3. The molecule has 0 aromatic heterocycles. The van der Waals surface area contributed by atoms with Crippen molar-refractivity contribution in [1.82, 2.24) is 4.90 Å². The molecule has 0 aliphatic heterocycles. The predicted molar refractivity (Wildman–Crippen MR) is 118 cm³/mol. The smallest absolute Gasteiger partial charge is 0.265 e. The van der Waals surface area contributed by atoms with Crippen LogP contribution in [0, 0.1) is 0 Å². The van der Waals surface area contributed by atoms with Gasteiger partial charge in [-0.2, -0.15) is 0 Å². The Morgan fingerprint density at radius 2 is 1.45 bits per heavy atom. The largest absolute Gasteiger partial charge is 0.497 e. The summed E-state index contributed by atoms with van der Waals surface area (Å²) in [5, 5.41) is 0. The molecule has 1 unspecified atom stereocenters. The maximum Gasteiger partial charge on any atom is 0.265 e. The van der Waals surface area contributed by atoms with Gasteiger partial charge in [0.25, 0.3) is 10.0 Å². The van der Waals surface area contributed by atoms with Crippen LogP contribution in [0.4, 0.5) is 5.69 Å². The first-order chi connectivity index (χ1) is 13.9. The fraction of sp³-hybridized carbons (Fsp3) is 0.217. The molecule has 0 saturated heterocycles. The lowest BCUT2D eigenvalue weighted by Gasteiger charge is -2.35. The lowest BCUT2D eigenvalue weighted by atomic mass is 10.0. The van der Waals surface area contributed by atoms with E-state index < -0.39 is 16.2 Å². The van der Waals surface area contributed by atoms with Gasteiger partial charge in [-0.05, 0) is 56.9 Å². The molecule has 0 radical (unpaired) electrons. The standard InChI is InChI=1S/C23H26N2O3S/c1-18(24(2)3)25(29(26,27)21-13-9-6-10-14-21)23-16-15-20(28-4)17-22(23)19-11-7-5-8-12-19/h5-18H,1-4H3. The first-order valence-corrected chi connectivity index (χ1v) is 10.8. The molecular weight excluding hydrogens is 384 g/mol. The second kappa shape index (κ2) is 8.68. The summed E-state index contributed by atoms with van der Waals surface area (Å²) in [4.78, 5) is 2.13. The Morgan fingerprint density at radius 3 is 2.00 bits per heavy atom. The number of anilines is 1. The normalized spacial score (nSPS) is 12.6. The van der Waals surface area contributed by atoms with E-state index in [4.69, 9.17) is 4.74 Å². The van der Waals surface area contributed by atoms with Crippen LogP contribution in [0.5, 0.6) is 5.75 Å². The summed E-state index contributed by atoms with van der Waals surface area (Å²) >= 11 is 0. The highest BCUT2D eigenvalue weighted by atomic mass is 32.2. The highest BCUT2D eigenvalue weighted by Crippen LogP contribution is 2.38. The molecule has 0 bridgehead atoms. The van der Waals surface area contributed by atoms with E-state index in [9.17, 15) is 8.42 Å². The van der Waals surface area contributed by atoms with Crippen LogP contribution in [0.3, 0.4) is 0 Å². The fourth-order valence-corrected chi connectivity index (χ4v) is 4.87. The van der Waals surface area contributed by atoms with Crippen LogP contribution in [0.1, 0.15) is 6.92 Å². The Morgan fingerprint density at radius 1 is 0.862 bits per heavy atom. The van der Waals surface area contributed by atoms with Crippen LogP contribution in [-0.2, 0) is 10.0 Å². The molecule has 0 spiro atoms. The average molecular weight is 411 g/mol. The van der Waals surface area contributed by atoms with Crippen LogP contribution >= 0.6 is 0 Å². The highest BCUT2D eigenvalue weighted by Gasteiger charge is 2.32. The molecule has 0 fully saturated rings. The van der Waals surface area contributed by atoms with Gasteiger partial charge in [0.2, 0.25) is 0 Å². The molecular formula is C23H26N2O3S. The van der Waals surface area contributed by atoms with Crippen LogP contribution in [0.15, 0.2) is 83.8 Å². The lowest BCUT2D eigenvalue weighted by molar-refractivity contribution is 0.323. The van der Waals surface area contributed by atoms with Crippen molar-refractivity contribution in [3.63, 3.8) is 0 Å². The molecule has 3 aromatic carbocycles. The van der Waals surface area contributed by atoms with Gasteiger partial charge in [-0.3, -0.25) is 4.90 Å². The molecule has 0 aliphatic carbocycles. The quantitative estimate of drug-likeness (QED) is 0.540. The van der Waals surface area contributed by atoms with Crippen molar-refractivity contribution in [1.29, 1.82) is 0 Å². The van der Waals surface area contributed by atoms with Crippen LogP contribution in [-0.4, -0.2) is 40.7 Å². The van der Waals surface area contributed by atoms with Gasteiger partial charge in [-0.25, -0.2) is 12.7 Å². The lowest BCUT2D eigenvalue weighted by Crippen LogP contribution is -2.46. The molecule has 0 saturated carbocycles. The molecule has 0 heterocycles. The Kier molecular flexibility index (Phi) is 6.25. The average Bonchev–Trinajstić information content (AvgIpc) is 2.75. The molecule has 152 valence electrons. The van der Waals surface area contributed by atoms with Gasteiger partial charge in [-0.15, -0.1) is 0 Å². The Balaban J connectivity index is 2.27. The Hall–Kier alpha value is -2.83. The van der Waals surface area contributed by atoms with Crippen molar-refractivity contribution in [3.05, 3.63) is 78.9 Å². The third-order valence-corrected chi connectivity index (χ3v) is 6.80.